The van der Waals surface area contributed by atoms with Crippen molar-refractivity contribution in [1.29, 1.82) is 0 Å². The number of anilines is 2. The number of nitrogens with zero attached hydrogens (tertiary/aromatic N) is 3. The number of alkyl halides is 3. The first-order chi connectivity index (χ1) is 14.5. The van der Waals surface area contributed by atoms with Gasteiger partial charge in [0.25, 0.3) is 0 Å². The molecule has 30 heavy (non-hydrogen) atoms. The van der Waals surface area contributed by atoms with Gasteiger partial charge < -0.3 is 15.6 Å². The Kier molecular flexibility index (Phi) is 5.51. The second-order valence-corrected chi connectivity index (χ2v) is 6.71. The Balaban J connectivity index is 1.47. The number of hydrogen-bond donors (Lipinski definition) is 3. The minimum absolute atomic E-state index is 0.156. The van der Waals surface area contributed by atoms with E-state index in [-0.39, 0.29) is 12.5 Å². The van der Waals surface area contributed by atoms with Gasteiger partial charge in [0.15, 0.2) is 11.5 Å². The summed E-state index contributed by atoms with van der Waals surface area (Å²) in [7, 11) is 0. The molecule has 9 heteroatoms. The van der Waals surface area contributed by atoms with Crippen molar-refractivity contribution in [3.05, 3.63) is 77.6 Å². The first kappa shape index (κ1) is 19.7. The summed E-state index contributed by atoms with van der Waals surface area (Å²) in [5, 5.41) is 6.27. The monoisotopic (exact) mass is 412 g/mol. The smallest absolute Gasteiger partial charge is 0.368 e. The molecule has 0 saturated carbocycles. The molecule has 2 heterocycles. The molecule has 4 rings (SSSR count). The Hall–Kier alpha value is -3.62. The maximum atomic E-state index is 12.9. The molecule has 4 aromatic rings. The average molecular weight is 412 g/mol. The number of nitrogens with one attached hydrogen (secondary N) is 3. The van der Waals surface area contributed by atoms with Crippen LogP contribution < -0.4 is 10.6 Å². The third-order valence-corrected chi connectivity index (χ3v) is 4.54. The van der Waals surface area contributed by atoms with Crippen LogP contribution in [0, 0.1) is 0 Å². The van der Waals surface area contributed by atoms with Crippen molar-refractivity contribution in [2.45, 2.75) is 19.1 Å². The number of H-pyrrole nitrogens is 1. The van der Waals surface area contributed by atoms with Gasteiger partial charge >= 0.3 is 6.18 Å². The quantitative estimate of drug-likeness (QED) is 0.412. The molecule has 0 amide bonds. The van der Waals surface area contributed by atoms with E-state index in [0.717, 1.165) is 18.6 Å². The zero-order chi connectivity index (χ0) is 21.0. The van der Waals surface area contributed by atoms with Crippen molar-refractivity contribution in [3.8, 4) is 0 Å². The molecule has 0 aliphatic rings. The van der Waals surface area contributed by atoms with E-state index in [1.54, 1.807) is 6.07 Å². The molecule has 2 aromatic heterocycles. The highest BCUT2D eigenvalue weighted by Crippen LogP contribution is 2.29. The Morgan fingerprint density at radius 2 is 1.70 bits per heavy atom. The van der Waals surface area contributed by atoms with Gasteiger partial charge in [0.05, 0.1) is 11.9 Å². The number of aromatic amines is 1. The summed E-state index contributed by atoms with van der Waals surface area (Å²) in [6.07, 6.45) is -2.04. The van der Waals surface area contributed by atoms with Gasteiger partial charge in [0.2, 0.25) is 5.95 Å². The Morgan fingerprint density at radius 3 is 2.50 bits per heavy atom. The van der Waals surface area contributed by atoms with Crippen LogP contribution in [0.25, 0.3) is 11.2 Å². The topological polar surface area (TPSA) is 78.5 Å². The summed E-state index contributed by atoms with van der Waals surface area (Å²) < 4.78 is 38.7. The van der Waals surface area contributed by atoms with Crippen molar-refractivity contribution in [3.63, 3.8) is 0 Å². The molecule has 0 aliphatic carbocycles. The standard InChI is InChI=1S/C21H19F3N6/c22-21(23,24)16-8-4-7-15(11-16)12-26-20-29-18(17-19(30-20)28-13-27-17)25-10-9-14-5-2-1-3-6-14/h1-8,11,13H,9-10,12H2,(H3,25,26,27,28,29,30). The lowest BCUT2D eigenvalue weighted by molar-refractivity contribution is -0.137. The predicted octanol–water partition coefficient (Wildman–Crippen LogP) is 4.64. The van der Waals surface area contributed by atoms with Gasteiger partial charge in [0, 0.05) is 13.1 Å². The number of hydrogen-bond acceptors (Lipinski definition) is 5. The van der Waals surface area contributed by atoms with Gasteiger partial charge in [-0.3, -0.25) is 0 Å². The second-order valence-electron chi connectivity index (χ2n) is 6.71. The van der Waals surface area contributed by atoms with Crippen LogP contribution in [0.2, 0.25) is 0 Å². The Labute approximate surface area is 170 Å². The van der Waals surface area contributed by atoms with Gasteiger partial charge in [-0.2, -0.15) is 23.1 Å². The molecular weight excluding hydrogens is 393 g/mol. The van der Waals surface area contributed by atoms with E-state index in [9.17, 15) is 13.2 Å². The molecule has 0 radical (unpaired) electrons. The van der Waals surface area contributed by atoms with Crippen molar-refractivity contribution >= 4 is 22.9 Å². The summed E-state index contributed by atoms with van der Waals surface area (Å²) in [5.74, 6) is 0.870. The van der Waals surface area contributed by atoms with Crippen LogP contribution >= 0.6 is 0 Å². The summed E-state index contributed by atoms with van der Waals surface area (Å²) in [6.45, 7) is 0.811. The van der Waals surface area contributed by atoms with E-state index in [2.05, 4.69) is 42.7 Å². The minimum atomic E-state index is -4.38. The van der Waals surface area contributed by atoms with E-state index in [1.807, 2.05) is 18.2 Å². The van der Waals surface area contributed by atoms with Crippen LogP contribution in [-0.2, 0) is 19.1 Å². The molecule has 3 N–H and O–H groups in total. The molecule has 0 unspecified atom stereocenters. The SMILES string of the molecule is FC(F)(F)c1cccc(CNc2nc(NCCc3ccccc3)c3[nH]cnc3n2)c1. The zero-order valence-corrected chi connectivity index (χ0v) is 15.9. The number of fused-ring (bicyclic) bond motifs is 1. The second kappa shape index (κ2) is 8.40. The molecule has 6 nitrogen and oxygen atoms in total. The summed E-state index contributed by atoms with van der Waals surface area (Å²) >= 11 is 0. The molecular formula is C21H19F3N6. The molecule has 2 aromatic carbocycles. The summed E-state index contributed by atoms with van der Waals surface area (Å²) in [4.78, 5) is 16.0. The van der Waals surface area contributed by atoms with Crippen LogP contribution in [-0.4, -0.2) is 26.5 Å². The van der Waals surface area contributed by atoms with Gasteiger partial charge in [-0.05, 0) is 29.7 Å². The van der Waals surface area contributed by atoms with E-state index in [4.69, 9.17) is 0 Å². The maximum absolute atomic E-state index is 12.9. The lowest BCUT2D eigenvalue weighted by Gasteiger charge is -2.11. The predicted molar refractivity (Wildman–Crippen MR) is 109 cm³/mol. The molecule has 0 aliphatic heterocycles. The lowest BCUT2D eigenvalue weighted by Crippen LogP contribution is -2.11. The highest BCUT2D eigenvalue weighted by atomic mass is 19.4. The van der Waals surface area contributed by atoms with Crippen LogP contribution in [0.1, 0.15) is 16.7 Å². The third kappa shape index (κ3) is 4.68. The van der Waals surface area contributed by atoms with Crippen molar-refractivity contribution < 1.29 is 13.2 Å². The van der Waals surface area contributed by atoms with Crippen molar-refractivity contribution in [2.75, 3.05) is 17.2 Å². The normalized spacial score (nSPS) is 11.6. The zero-order valence-electron chi connectivity index (χ0n) is 15.9. The highest BCUT2D eigenvalue weighted by molar-refractivity contribution is 5.83. The number of imidazole rings is 1. The Bertz CT molecular complexity index is 1120. The average Bonchev–Trinajstić information content (AvgIpc) is 3.21. The molecule has 154 valence electrons. The first-order valence-corrected chi connectivity index (χ1v) is 9.38. The van der Waals surface area contributed by atoms with Crippen molar-refractivity contribution in [2.24, 2.45) is 0 Å². The van der Waals surface area contributed by atoms with E-state index in [1.165, 1.54) is 18.0 Å². The van der Waals surface area contributed by atoms with Gasteiger partial charge in [-0.25, -0.2) is 4.98 Å². The Morgan fingerprint density at radius 1 is 0.900 bits per heavy atom. The molecule has 0 spiro atoms. The van der Waals surface area contributed by atoms with Gasteiger partial charge in [-0.15, -0.1) is 0 Å². The van der Waals surface area contributed by atoms with Crippen LogP contribution in [0.3, 0.4) is 0 Å². The number of benzene rings is 2. The number of rotatable bonds is 7. The number of halogens is 3. The minimum Gasteiger partial charge on any atom is -0.368 e. The lowest BCUT2D eigenvalue weighted by atomic mass is 10.1. The third-order valence-electron chi connectivity index (χ3n) is 4.54. The van der Waals surface area contributed by atoms with Crippen LogP contribution in [0.4, 0.5) is 24.9 Å². The van der Waals surface area contributed by atoms with E-state index >= 15 is 0 Å². The fourth-order valence-electron chi connectivity index (χ4n) is 3.05. The number of aromatic nitrogens is 4. The molecule has 0 fully saturated rings. The highest BCUT2D eigenvalue weighted by Gasteiger charge is 2.30. The van der Waals surface area contributed by atoms with Crippen LogP contribution in [0.5, 0.6) is 0 Å². The summed E-state index contributed by atoms with van der Waals surface area (Å²) in [5.41, 5.74) is 2.14. The van der Waals surface area contributed by atoms with Gasteiger partial charge in [0.1, 0.15) is 5.52 Å². The molecule has 0 bridgehead atoms. The summed E-state index contributed by atoms with van der Waals surface area (Å²) in [6, 6.07) is 15.2. The fourth-order valence-corrected chi connectivity index (χ4v) is 3.05. The molecule has 0 saturated heterocycles. The first-order valence-electron chi connectivity index (χ1n) is 9.38. The molecule has 0 atom stereocenters. The van der Waals surface area contributed by atoms with Gasteiger partial charge in [-0.1, -0.05) is 42.5 Å². The van der Waals surface area contributed by atoms with E-state index < -0.39 is 11.7 Å². The van der Waals surface area contributed by atoms with Crippen LogP contribution in [0.15, 0.2) is 60.9 Å². The fraction of sp³-hybridized carbons (Fsp3) is 0.190. The van der Waals surface area contributed by atoms with E-state index in [0.29, 0.717) is 29.1 Å². The largest absolute Gasteiger partial charge is 0.416 e. The van der Waals surface area contributed by atoms with Crippen molar-refractivity contribution in [1.82, 2.24) is 19.9 Å². The maximum Gasteiger partial charge on any atom is 0.416 e.